The highest BCUT2D eigenvalue weighted by atomic mass is 32.1. The molecular formula is C13H17N3OS. The number of hydrogen-bond donors (Lipinski definition) is 1. The number of nitrogens with one attached hydrogen (secondary N) is 1. The van der Waals surface area contributed by atoms with Gasteiger partial charge in [0.2, 0.25) is 0 Å². The smallest absolute Gasteiger partial charge is 0.266 e. The lowest BCUT2D eigenvalue weighted by molar-refractivity contribution is 0.102. The Labute approximate surface area is 111 Å². The Balaban J connectivity index is 2.20. The summed E-state index contributed by atoms with van der Waals surface area (Å²) in [5.74, 6) is 0.631. The van der Waals surface area contributed by atoms with Gasteiger partial charge in [-0.3, -0.25) is 9.48 Å². The van der Waals surface area contributed by atoms with E-state index < -0.39 is 0 Å². The summed E-state index contributed by atoms with van der Waals surface area (Å²) in [5, 5.41) is 9.19. The van der Waals surface area contributed by atoms with Crippen LogP contribution < -0.4 is 5.32 Å². The first-order valence-electron chi connectivity index (χ1n) is 5.77. The van der Waals surface area contributed by atoms with Crippen LogP contribution in [-0.4, -0.2) is 15.7 Å². The summed E-state index contributed by atoms with van der Waals surface area (Å²) < 4.78 is 1.70. The standard InChI is InChI=1S/C13H17N3OS/c1-13(2,3)10-8-11(16(4)15-10)14-12(17)9-6-5-7-18-9/h5-8H,1-4H3,(H,14,17). The highest BCUT2D eigenvalue weighted by Crippen LogP contribution is 2.23. The molecular weight excluding hydrogens is 246 g/mol. The van der Waals surface area contributed by atoms with Gasteiger partial charge in [-0.05, 0) is 11.4 Å². The van der Waals surface area contributed by atoms with E-state index in [1.807, 2.05) is 24.6 Å². The summed E-state index contributed by atoms with van der Waals surface area (Å²) >= 11 is 1.43. The van der Waals surface area contributed by atoms with Crippen molar-refractivity contribution in [2.75, 3.05) is 5.32 Å². The van der Waals surface area contributed by atoms with Gasteiger partial charge in [0.1, 0.15) is 5.82 Å². The monoisotopic (exact) mass is 263 g/mol. The van der Waals surface area contributed by atoms with Crippen molar-refractivity contribution >= 4 is 23.1 Å². The van der Waals surface area contributed by atoms with E-state index in [0.29, 0.717) is 4.88 Å². The Kier molecular flexibility index (Phi) is 3.26. The van der Waals surface area contributed by atoms with Gasteiger partial charge in [-0.25, -0.2) is 0 Å². The van der Waals surface area contributed by atoms with E-state index in [2.05, 4.69) is 31.2 Å². The fourth-order valence-corrected chi connectivity index (χ4v) is 2.16. The lowest BCUT2D eigenvalue weighted by Crippen LogP contribution is -2.13. The summed E-state index contributed by atoms with van der Waals surface area (Å²) in [4.78, 5) is 12.6. The Morgan fingerprint density at radius 2 is 2.17 bits per heavy atom. The Bertz CT molecular complexity index is 549. The molecule has 2 aromatic heterocycles. The van der Waals surface area contributed by atoms with Crippen molar-refractivity contribution in [1.82, 2.24) is 9.78 Å². The fraction of sp³-hybridized carbons (Fsp3) is 0.385. The van der Waals surface area contributed by atoms with Crippen LogP contribution in [0.4, 0.5) is 5.82 Å². The molecule has 2 rings (SSSR count). The number of nitrogens with zero attached hydrogens (tertiary/aromatic N) is 2. The third-order valence-corrected chi connectivity index (χ3v) is 3.50. The second kappa shape index (κ2) is 4.57. The topological polar surface area (TPSA) is 46.9 Å². The van der Waals surface area contributed by atoms with E-state index in [0.717, 1.165) is 11.5 Å². The molecule has 2 aromatic rings. The minimum absolute atomic E-state index is 0.0241. The van der Waals surface area contributed by atoms with Crippen LogP contribution in [0.25, 0.3) is 0 Å². The SMILES string of the molecule is Cn1nc(C(C)(C)C)cc1NC(=O)c1cccs1. The van der Waals surface area contributed by atoms with Crippen molar-refractivity contribution in [2.45, 2.75) is 26.2 Å². The zero-order valence-corrected chi connectivity index (χ0v) is 11.8. The van der Waals surface area contributed by atoms with Crippen LogP contribution in [0.2, 0.25) is 0 Å². The van der Waals surface area contributed by atoms with Crippen molar-refractivity contribution in [3.8, 4) is 0 Å². The number of amides is 1. The van der Waals surface area contributed by atoms with Crippen LogP contribution in [0, 0.1) is 0 Å². The Morgan fingerprint density at radius 1 is 1.44 bits per heavy atom. The maximum absolute atomic E-state index is 11.9. The highest BCUT2D eigenvalue weighted by molar-refractivity contribution is 7.12. The highest BCUT2D eigenvalue weighted by Gasteiger charge is 2.20. The number of carbonyl (C=O) groups excluding carboxylic acids is 1. The predicted molar refractivity (Wildman–Crippen MR) is 74.2 cm³/mol. The van der Waals surface area contributed by atoms with Crippen LogP contribution in [0.5, 0.6) is 0 Å². The van der Waals surface area contributed by atoms with Crippen molar-refractivity contribution in [3.05, 3.63) is 34.2 Å². The zero-order valence-electron chi connectivity index (χ0n) is 11.0. The number of aryl methyl sites for hydroxylation is 1. The molecule has 0 aliphatic carbocycles. The van der Waals surface area contributed by atoms with Gasteiger partial charge in [-0.1, -0.05) is 26.8 Å². The lowest BCUT2D eigenvalue weighted by atomic mass is 9.92. The Hall–Kier alpha value is -1.62. The average Bonchev–Trinajstić information content (AvgIpc) is 2.87. The maximum atomic E-state index is 11.9. The first kappa shape index (κ1) is 12.8. The van der Waals surface area contributed by atoms with Gasteiger partial charge in [-0.15, -0.1) is 11.3 Å². The average molecular weight is 263 g/mol. The van der Waals surface area contributed by atoms with Gasteiger partial charge >= 0.3 is 0 Å². The van der Waals surface area contributed by atoms with E-state index in [1.54, 1.807) is 10.7 Å². The van der Waals surface area contributed by atoms with Gasteiger partial charge in [0, 0.05) is 18.5 Å². The van der Waals surface area contributed by atoms with E-state index in [-0.39, 0.29) is 11.3 Å². The minimum Gasteiger partial charge on any atom is -0.306 e. The predicted octanol–water partition coefficient (Wildman–Crippen LogP) is 3.03. The van der Waals surface area contributed by atoms with Crippen molar-refractivity contribution in [3.63, 3.8) is 0 Å². The summed E-state index contributed by atoms with van der Waals surface area (Å²) in [7, 11) is 1.83. The molecule has 0 radical (unpaired) electrons. The molecule has 18 heavy (non-hydrogen) atoms. The number of aromatic nitrogens is 2. The molecule has 4 nitrogen and oxygen atoms in total. The molecule has 1 amide bonds. The quantitative estimate of drug-likeness (QED) is 0.905. The van der Waals surface area contributed by atoms with Gasteiger partial charge in [-0.2, -0.15) is 5.10 Å². The van der Waals surface area contributed by atoms with Crippen molar-refractivity contribution in [1.29, 1.82) is 0 Å². The van der Waals surface area contributed by atoms with Crippen LogP contribution in [-0.2, 0) is 12.5 Å². The molecule has 0 bridgehead atoms. The molecule has 0 saturated carbocycles. The first-order valence-corrected chi connectivity index (χ1v) is 6.65. The summed E-state index contributed by atoms with van der Waals surface area (Å²) in [6.45, 7) is 6.29. The zero-order chi connectivity index (χ0) is 13.3. The van der Waals surface area contributed by atoms with Gasteiger partial charge in [0.15, 0.2) is 0 Å². The van der Waals surface area contributed by atoms with Crippen LogP contribution in [0.1, 0.15) is 36.1 Å². The molecule has 0 aliphatic heterocycles. The maximum Gasteiger partial charge on any atom is 0.266 e. The Morgan fingerprint density at radius 3 is 2.67 bits per heavy atom. The lowest BCUT2D eigenvalue weighted by Gasteiger charge is -2.13. The molecule has 96 valence electrons. The van der Waals surface area contributed by atoms with Crippen LogP contribution in [0.15, 0.2) is 23.6 Å². The largest absolute Gasteiger partial charge is 0.306 e. The molecule has 0 unspecified atom stereocenters. The van der Waals surface area contributed by atoms with E-state index in [1.165, 1.54) is 11.3 Å². The number of thiophene rings is 1. The van der Waals surface area contributed by atoms with Gasteiger partial charge in [0.25, 0.3) is 5.91 Å². The van der Waals surface area contributed by atoms with Crippen molar-refractivity contribution in [2.24, 2.45) is 7.05 Å². The fourth-order valence-electron chi connectivity index (χ4n) is 1.54. The molecule has 1 N–H and O–H groups in total. The third-order valence-electron chi connectivity index (χ3n) is 2.63. The normalized spacial score (nSPS) is 11.6. The molecule has 5 heteroatoms. The van der Waals surface area contributed by atoms with Crippen LogP contribution >= 0.6 is 11.3 Å². The third kappa shape index (κ3) is 2.61. The second-order valence-corrected chi connectivity index (χ2v) is 6.17. The number of carbonyl (C=O) groups is 1. The molecule has 2 heterocycles. The molecule has 0 aromatic carbocycles. The van der Waals surface area contributed by atoms with Crippen LogP contribution in [0.3, 0.4) is 0 Å². The molecule has 0 aliphatic rings. The second-order valence-electron chi connectivity index (χ2n) is 5.22. The van der Waals surface area contributed by atoms with E-state index >= 15 is 0 Å². The summed E-state index contributed by atoms with van der Waals surface area (Å²) in [5.41, 5.74) is 0.940. The molecule has 0 atom stereocenters. The number of rotatable bonds is 2. The number of hydrogen-bond acceptors (Lipinski definition) is 3. The van der Waals surface area contributed by atoms with E-state index in [9.17, 15) is 4.79 Å². The molecule has 0 saturated heterocycles. The van der Waals surface area contributed by atoms with Gasteiger partial charge in [0.05, 0.1) is 10.6 Å². The van der Waals surface area contributed by atoms with Gasteiger partial charge < -0.3 is 5.32 Å². The van der Waals surface area contributed by atoms with E-state index in [4.69, 9.17) is 0 Å². The summed E-state index contributed by atoms with van der Waals surface area (Å²) in [6.07, 6.45) is 0. The molecule has 0 fully saturated rings. The van der Waals surface area contributed by atoms with Crippen molar-refractivity contribution < 1.29 is 4.79 Å². The minimum atomic E-state index is -0.0894. The first-order chi connectivity index (χ1) is 8.38. The number of anilines is 1. The summed E-state index contributed by atoms with van der Waals surface area (Å²) in [6, 6.07) is 5.59. The molecule has 0 spiro atoms.